The number of aromatic nitrogens is 4. The lowest BCUT2D eigenvalue weighted by atomic mass is 9.84. The Balaban J connectivity index is 1.36. The highest BCUT2D eigenvalue weighted by Gasteiger charge is 2.37. The van der Waals surface area contributed by atoms with Gasteiger partial charge in [0.15, 0.2) is 0 Å². The number of nitrogens with one attached hydrogen (secondary N) is 2. The van der Waals surface area contributed by atoms with Crippen LogP contribution >= 0.6 is 0 Å². The van der Waals surface area contributed by atoms with E-state index in [9.17, 15) is 9.90 Å². The zero-order chi connectivity index (χ0) is 25.3. The summed E-state index contributed by atoms with van der Waals surface area (Å²) in [4.78, 5) is 25.8. The summed E-state index contributed by atoms with van der Waals surface area (Å²) in [6, 6.07) is 4.61. The van der Waals surface area contributed by atoms with Crippen LogP contribution < -0.4 is 5.32 Å². The van der Waals surface area contributed by atoms with Gasteiger partial charge in [0.1, 0.15) is 17.0 Å². The number of hydrogen-bond acceptors (Lipinski definition) is 5. The maximum Gasteiger partial charge on any atom is 0.227 e. The number of carbonyl (C=O) groups excluding carboxylic acids is 1. The van der Waals surface area contributed by atoms with Crippen molar-refractivity contribution in [2.75, 3.05) is 13.2 Å². The molecule has 0 aliphatic heterocycles. The van der Waals surface area contributed by atoms with Crippen molar-refractivity contribution in [1.29, 1.82) is 5.26 Å². The van der Waals surface area contributed by atoms with E-state index in [0.29, 0.717) is 24.8 Å². The number of rotatable bonds is 8. The number of fused-ring (bicyclic) bond motifs is 3. The van der Waals surface area contributed by atoms with Crippen molar-refractivity contribution in [3.8, 4) is 6.07 Å². The molecule has 3 heterocycles. The monoisotopic (exact) mass is 488 g/mol. The molecule has 0 aromatic carbocycles. The molecule has 2 fully saturated rings. The Bertz CT molecular complexity index is 1310. The third-order valence-electron chi connectivity index (χ3n) is 8.35. The molecule has 0 bridgehead atoms. The number of nitriles is 1. The predicted octanol–water partition coefficient (Wildman–Crippen LogP) is 4.57. The van der Waals surface area contributed by atoms with Gasteiger partial charge >= 0.3 is 0 Å². The molecule has 2 atom stereocenters. The first kappa shape index (κ1) is 24.5. The molecule has 36 heavy (non-hydrogen) atoms. The van der Waals surface area contributed by atoms with E-state index in [-0.39, 0.29) is 30.4 Å². The van der Waals surface area contributed by atoms with E-state index in [0.717, 1.165) is 72.8 Å². The number of aliphatic hydroxyl groups excluding tert-OH is 1. The molecular weight excluding hydrogens is 452 g/mol. The van der Waals surface area contributed by atoms with Crippen LogP contribution in [0.2, 0.25) is 0 Å². The number of carbonyl (C=O) groups is 1. The molecule has 190 valence electrons. The number of amides is 1. The molecule has 5 rings (SSSR count). The Morgan fingerprint density at radius 1 is 1.39 bits per heavy atom. The maximum absolute atomic E-state index is 13.2. The van der Waals surface area contributed by atoms with E-state index in [2.05, 4.69) is 39.4 Å². The summed E-state index contributed by atoms with van der Waals surface area (Å²) in [5.41, 5.74) is 3.82. The van der Waals surface area contributed by atoms with Crippen molar-refractivity contribution in [3.63, 3.8) is 0 Å². The second-order valence-electron chi connectivity index (χ2n) is 11.2. The molecule has 0 spiro atoms. The largest absolute Gasteiger partial charge is 0.396 e. The molecule has 2 saturated carbocycles. The van der Waals surface area contributed by atoms with Crippen molar-refractivity contribution in [2.45, 2.75) is 70.8 Å². The average molecular weight is 489 g/mol. The standard InChI is InChI=1S/C28H36N6O2/c1-18-14-28(2,15-20(18)9-12-35)17-32-25(36)13-24-33-23-16-31-27-22(8-11-30-27)26(23)34(24)21-5-3-19(4-6-21)7-10-29/h8,11,16,19-21,35H,1,3-7,9,12-15,17H2,2H3,(H,30,31)(H,32,36)/t19-,20?,21-,28?. The summed E-state index contributed by atoms with van der Waals surface area (Å²) < 4.78 is 2.28. The topological polar surface area (TPSA) is 120 Å². The van der Waals surface area contributed by atoms with Crippen LogP contribution in [0.4, 0.5) is 0 Å². The number of aliphatic hydroxyl groups is 1. The summed E-state index contributed by atoms with van der Waals surface area (Å²) in [5.74, 6) is 1.54. The van der Waals surface area contributed by atoms with Crippen LogP contribution in [-0.2, 0) is 11.2 Å². The van der Waals surface area contributed by atoms with Crippen LogP contribution in [0.15, 0.2) is 30.6 Å². The first-order valence-corrected chi connectivity index (χ1v) is 13.2. The molecule has 3 aromatic heterocycles. The Morgan fingerprint density at radius 2 is 2.19 bits per heavy atom. The van der Waals surface area contributed by atoms with Crippen molar-refractivity contribution in [2.24, 2.45) is 17.3 Å². The molecule has 8 heteroatoms. The van der Waals surface area contributed by atoms with Gasteiger partial charge in [-0.25, -0.2) is 9.97 Å². The minimum absolute atomic E-state index is 0.0274. The lowest BCUT2D eigenvalue weighted by molar-refractivity contribution is -0.121. The van der Waals surface area contributed by atoms with Gasteiger partial charge in [-0.3, -0.25) is 4.79 Å². The molecule has 2 aliphatic carbocycles. The SMILES string of the molecule is C=C1CC(C)(CNC(=O)Cc2nc3cnc4[nH]ccc4c3n2[C@H]2CC[C@H](CC#N)CC2)CC1CCO. The van der Waals surface area contributed by atoms with Gasteiger partial charge in [0, 0.05) is 37.2 Å². The summed E-state index contributed by atoms with van der Waals surface area (Å²) in [6.07, 6.45) is 11.1. The van der Waals surface area contributed by atoms with E-state index < -0.39 is 0 Å². The van der Waals surface area contributed by atoms with E-state index in [1.54, 1.807) is 6.20 Å². The zero-order valence-corrected chi connectivity index (χ0v) is 21.1. The highest BCUT2D eigenvalue weighted by molar-refractivity contribution is 6.01. The number of hydrogen-bond donors (Lipinski definition) is 3. The lowest BCUT2D eigenvalue weighted by Crippen LogP contribution is -2.36. The Kier molecular flexibility index (Phi) is 6.85. The zero-order valence-electron chi connectivity index (χ0n) is 21.1. The number of allylic oxidation sites excluding steroid dienone is 1. The Labute approximate surface area is 211 Å². The highest BCUT2D eigenvalue weighted by atomic mass is 16.3. The van der Waals surface area contributed by atoms with E-state index in [1.165, 1.54) is 5.57 Å². The van der Waals surface area contributed by atoms with E-state index in [1.807, 2.05) is 12.3 Å². The smallest absolute Gasteiger partial charge is 0.227 e. The molecule has 3 aromatic rings. The number of imidazole rings is 1. The van der Waals surface area contributed by atoms with Crippen LogP contribution in [0.1, 0.15) is 70.2 Å². The fraction of sp³-hybridized carbons (Fsp3) is 0.571. The first-order valence-electron chi connectivity index (χ1n) is 13.2. The van der Waals surface area contributed by atoms with E-state index in [4.69, 9.17) is 10.2 Å². The first-order chi connectivity index (χ1) is 17.4. The third kappa shape index (κ3) is 4.77. The quantitative estimate of drug-likeness (QED) is 0.401. The number of H-pyrrole nitrogens is 1. The van der Waals surface area contributed by atoms with Crippen LogP contribution in [0.25, 0.3) is 22.1 Å². The Morgan fingerprint density at radius 3 is 2.94 bits per heavy atom. The molecule has 2 aliphatic rings. The number of nitrogens with zero attached hydrogens (tertiary/aromatic N) is 4. The van der Waals surface area contributed by atoms with E-state index >= 15 is 0 Å². The second-order valence-corrected chi connectivity index (χ2v) is 11.2. The molecule has 3 N–H and O–H groups in total. The van der Waals surface area contributed by atoms with Crippen molar-refractivity contribution < 1.29 is 9.90 Å². The van der Waals surface area contributed by atoms with Crippen molar-refractivity contribution >= 4 is 28.0 Å². The molecule has 0 saturated heterocycles. The van der Waals surface area contributed by atoms with Crippen LogP contribution in [0.5, 0.6) is 0 Å². The van der Waals surface area contributed by atoms with Gasteiger partial charge in [0.05, 0.1) is 24.2 Å². The Hall–Kier alpha value is -3.18. The van der Waals surface area contributed by atoms with Crippen LogP contribution in [0, 0.1) is 28.6 Å². The molecule has 8 nitrogen and oxygen atoms in total. The lowest BCUT2D eigenvalue weighted by Gasteiger charge is -2.30. The molecule has 2 unspecified atom stereocenters. The molecular formula is C28H36N6O2. The van der Waals surface area contributed by atoms with Crippen LogP contribution in [-0.4, -0.2) is 43.7 Å². The van der Waals surface area contributed by atoms with Gasteiger partial charge in [0.2, 0.25) is 5.91 Å². The molecule has 0 radical (unpaired) electrons. The van der Waals surface area contributed by atoms with Gasteiger partial charge in [-0.05, 0) is 68.3 Å². The summed E-state index contributed by atoms with van der Waals surface area (Å²) >= 11 is 0. The highest BCUT2D eigenvalue weighted by Crippen LogP contribution is 2.45. The van der Waals surface area contributed by atoms with Crippen LogP contribution in [0.3, 0.4) is 0 Å². The summed E-state index contributed by atoms with van der Waals surface area (Å²) in [7, 11) is 0. The number of pyridine rings is 1. The normalized spacial score (nSPS) is 26.5. The third-order valence-corrected chi connectivity index (χ3v) is 8.35. The minimum Gasteiger partial charge on any atom is -0.396 e. The summed E-state index contributed by atoms with van der Waals surface area (Å²) in [6.45, 7) is 7.16. The van der Waals surface area contributed by atoms with Crippen molar-refractivity contribution in [3.05, 3.63) is 36.4 Å². The predicted molar refractivity (Wildman–Crippen MR) is 139 cm³/mol. The fourth-order valence-corrected chi connectivity index (χ4v) is 6.51. The van der Waals surface area contributed by atoms with Crippen molar-refractivity contribution in [1.82, 2.24) is 24.8 Å². The minimum atomic E-state index is -0.0347. The van der Waals surface area contributed by atoms with Gasteiger partial charge < -0.3 is 20.0 Å². The van der Waals surface area contributed by atoms with Gasteiger partial charge in [-0.1, -0.05) is 19.1 Å². The number of aromatic amines is 1. The fourth-order valence-electron chi connectivity index (χ4n) is 6.51. The second kappa shape index (κ2) is 10.1. The van der Waals surface area contributed by atoms with Gasteiger partial charge in [0.25, 0.3) is 0 Å². The maximum atomic E-state index is 13.2. The van der Waals surface area contributed by atoms with Gasteiger partial charge in [-0.2, -0.15) is 5.26 Å². The average Bonchev–Trinajstić information content (AvgIpc) is 3.54. The summed E-state index contributed by atoms with van der Waals surface area (Å²) in [5, 5.41) is 22.7. The van der Waals surface area contributed by atoms with Gasteiger partial charge in [-0.15, -0.1) is 0 Å². The molecule has 1 amide bonds.